The van der Waals surface area contributed by atoms with Gasteiger partial charge in [-0.05, 0) is 50.6 Å². The average Bonchev–Trinajstić information content (AvgIpc) is 2.87. The van der Waals surface area contributed by atoms with Gasteiger partial charge < -0.3 is 10.2 Å². The molecule has 226 valence electrons. The SMILES string of the molecule is CC(C)(C)NC(=O)C(Cc1ccccc1)N(Cc1c(Cl)cccc1Cl)C(=O)CN(c1cc(Cl)c(Cl)cc1Cl)S(C)(=O)=O. The molecule has 0 spiro atoms. The van der Waals surface area contributed by atoms with Crippen molar-refractivity contribution in [3.63, 3.8) is 0 Å². The molecule has 3 rings (SSSR count). The van der Waals surface area contributed by atoms with E-state index in [9.17, 15) is 18.0 Å². The van der Waals surface area contributed by atoms with E-state index in [4.69, 9.17) is 58.0 Å². The Morgan fingerprint density at radius 3 is 1.95 bits per heavy atom. The summed E-state index contributed by atoms with van der Waals surface area (Å²) < 4.78 is 26.8. The van der Waals surface area contributed by atoms with E-state index in [1.165, 1.54) is 17.0 Å². The Labute approximate surface area is 271 Å². The number of nitrogens with one attached hydrogen (secondary N) is 1. The second kappa shape index (κ2) is 14.1. The third-order valence-corrected chi connectivity index (χ3v) is 8.96. The molecule has 2 amide bonds. The summed E-state index contributed by atoms with van der Waals surface area (Å²) in [6, 6.07) is 15.5. The number of anilines is 1. The molecule has 0 heterocycles. The van der Waals surface area contributed by atoms with Crippen LogP contribution in [0.4, 0.5) is 5.69 Å². The summed E-state index contributed by atoms with van der Waals surface area (Å²) in [5.74, 6) is -1.15. The number of rotatable bonds is 10. The lowest BCUT2D eigenvalue weighted by Gasteiger charge is -2.35. The van der Waals surface area contributed by atoms with Crippen molar-refractivity contribution in [3.05, 3.63) is 96.9 Å². The van der Waals surface area contributed by atoms with Crippen LogP contribution in [0.2, 0.25) is 25.1 Å². The average molecular weight is 694 g/mol. The summed E-state index contributed by atoms with van der Waals surface area (Å²) in [7, 11) is -4.07. The maximum absolute atomic E-state index is 14.2. The normalized spacial score (nSPS) is 12.5. The van der Waals surface area contributed by atoms with Crippen LogP contribution in [0.25, 0.3) is 0 Å². The number of hydrogen-bond donors (Lipinski definition) is 1. The minimum Gasteiger partial charge on any atom is -0.350 e. The van der Waals surface area contributed by atoms with E-state index < -0.39 is 40.0 Å². The maximum atomic E-state index is 14.2. The number of hydrogen-bond acceptors (Lipinski definition) is 4. The Morgan fingerprint density at radius 1 is 0.833 bits per heavy atom. The van der Waals surface area contributed by atoms with E-state index in [1.807, 2.05) is 51.1 Å². The fourth-order valence-electron chi connectivity index (χ4n) is 4.16. The molecule has 0 aromatic heterocycles. The minimum absolute atomic E-state index is 0.0327. The van der Waals surface area contributed by atoms with Crippen LogP contribution in [0.3, 0.4) is 0 Å². The van der Waals surface area contributed by atoms with Crippen LogP contribution in [-0.2, 0) is 32.6 Å². The smallest absolute Gasteiger partial charge is 0.244 e. The number of sulfonamides is 1. The maximum Gasteiger partial charge on any atom is 0.244 e. The first kappa shape index (κ1) is 34.3. The van der Waals surface area contributed by atoms with Crippen molar-refractivity contribution in [1.29, 1.82) is 0 Å². The van der Waals surface area contributed by atoms with Crippen molar-refractivity contribution in [1.82, 2.24) is 10.2 Å². The molecular formula is C29H30Cl5N3O4S. The molecule has 3 aromatic carbocycles. The van der Waals surface area contributed by atoms with Crippen LogP contribution in [0.15, 0.2) is 60.7 Å². The van der Waals surface area contributed by atoms with Crippen LogP contribution in [-0.4, -0.2) is 49.5 Å². The Morgan fingerprint density at radius 2 is 1.40 bits per heavy atom. The monoisotopic (exact) mass is 691 g/mol. The van der Waals surface area contributed by atoms with E-state index in [0.29, 0.717) is 5.56 Å². The highest BCUT2D eigenvalue weighted by molar-refractivity contribution is 7.92. The number of nitrogens with zero attached hydrogens (tertiary/aromatic N) is 2. The molecule has 13 heteroatoms. The van der Waals surface area contributed by atoms with Gasteiger partial charge in [-0.25, -0.2) is 8.42 Å². The van der Waals surface area contributed by atoms with Gasteiger partial charge in [-0.3, -0.25) is 13.9 Å². The van der Waals surface area contributed by atoms with Crippen LogP contribution >= 0.6 is 58.0 Å². The topological polar surface area (TPSA) is 86.8 Å². The van der Waals surface area contributed by atoms with Gasteiger partial charge in [0.15, 0.2) is 0 Å². The summed E-state index contributed by atoms with van der Waals surface area (Å²) in [6.07, 6.45) is 1.06. The van der Waals surface area contributed by atoms with Crippen molar-refractivity contribution >= 4 is 85.5 Å². The van der Waals surface area contributed by atoms with E-state index in [2.05, 4.69) is 5.32 Å². The molecular weight excluding hydrogens is 664 g/mol. The standard InChI is InChI=1S/C29H30Cl5N3O4S/c1-29(2,3)35-28(39)26(13-18-9-6-5-7-10-18)36(16-19-20(30)11-8-12-21(19)31)27(38)17-37(42(4,40)41)25-15-23(33)22(32)14-24(25)34/h5-12,14-15,26H,13,16-17H2,1-4H3,(H,35,39). The summed E-state index contributed by atoms with van der Waals surface area (Å²) >= 11 is 31.6. The van der Waals surface area contributed by atoms with Gasteiger partial charge in [-0.1, -0.05) is 94.4 Å². The fourth-order valence-corrected chi connectivity index (χ4v) is 6.22. The van der Waals surface area contributed by atoms with E-state index >= 15 is 0 Å². The second-order valence-electron chi connectivity index (χ2n) is 10.7. The predicted octanol–water partition coefficient (Wildman–Crippen LogP) is 7.27. The van der Waals surface area contributed by atoms with Crippen LogP contribution in [0.5, 0.6) is 0 Å². The Hall–Kier alpha value is -2.20. The zero-order valence-electron chi connectivity index (χ0n) is 23.3. The highest BCUT2D eigenvalue weighted by Crippen LogP contribution is 2.36. The van der Waals surface area contributed by atoms with Crippen molar-refractivity contribution in [2.24, 2.45) is 0 Å². The van der Waals surface area contributed by atoms with Crippen LogP contribution in [0, 0.1) is 0 Å². The molecule has 0 aliphatic rings. The summed E-state index contributed by atoms with van der Waals surface area (Å²) in [6.45, 7) is 4.57. The summed E-state index contributed by atoms with van der Waals surface area (Å²) in [5, 5.41) is 3.63. The molecule has 42 heavy (non-hydrogen) atoms. The van der Waals surface area contributed by atoms with Gasteiger partial charge >= 0.3 is 0 Å². The molecule has 0 aliphatic heterocycles. The number of halogens is 5. The van der Waals surface area contributed by atoms with Crippen molar-refractivity contribution in [3.8, 4) is 0 Å². The van der Waals surface area contributed by atoms with Gasteiger partial charge in [0.25, 0.3) is 0 Å². The Bertz CT molecular complexity index is 1540. The fraction of sp³-hybridized carbons (Fsp3) is 0.310. The van der Waals surface area contributed by atoms with E-state index in [1.54, 1.807) is 18.2 Å². The predicted molar refractivity (Wildman–Crippen MR) is 173 cm³/mol. The molecule has 1 unspecified atom stereocenters. The Balaban J connectivity index is 2.16. The molecule has 0 saturated carbocycles. The third-order valence-electron chi connectivity index (χ3n) is 6.10. The van der Waals surface area contributed by atoms with Crippen molar-refractivity contribution in [2.45, 2.75) is 45.3 Å². The molecule has 1 N–H and O–H groups in total. The summed E-state index contributed by atoms with van der Waals surface area (Å²) in [5.41, 5.74) is 0.502. The van der Waals surface area contributed by atoms with Crippen LogP contribution < -0.4 is 9.62 Å². The van der Waals surface area contributed by atoms with Gasteiger partial charge in [-0.15, -0.1) is 0 Å². The highest BCUT2D eigenvalue weighted by atomic mass is 35.5. The molecule has 7 nitrogen and oxygen atoms in total. The van der Waals surface area contributed by atoms with Gasteiger partial charge in [0.1, 0.15) is 12.6 Å². The lowest BCUT2D eigenvalue weighted by molar-refractivity contribution is -0.140. The number of benzene rings is 3. The number of amides is 2. The highest BCUT2D eigenvalue weighted by Gasteiger charge is 2.35. The largest absolute Gasteiger partial charge is 0.350 e. The first-order valence-corrected chi connectivity index (χ1v) is 16.4. The summed E-state index contributed by atoms with van der Waals surface area (Å²) in [4.78, 5) is 29.3. The quantitative estimate of drug-likeness (QED) is 0.226. The lowest BCUT2D eigenvalue weighted by Crippen LogP contribution is -2.56. The zero-order valence-corrected chi connectivity index (χ0v) is 27.9. The lowest BCUT2D eigenvalue weighted by atomic mass is 10.0. The van der Waals surface area contributed by atoms with Crippen molar-refractivity contribution in [2.75, 3.05) is 17.1 Å². The van der Waals surface area contributed by atoms with Crippen LogP contribution in [0.1, 0.15) is 31.9 Å². The van der Waals surface area contributed by atoms with Gasteiger partial charge in [0.2, 0.25) is 21.8 Å². The van der Waals surface area contributed by atoms with E-state index in [-0.39, 0.29) is 43.8 Å². The number of carbonyl (C=O) groups excluding carboxylic acids is 2. The molecule has 3 aromatic rings. The molecule has 0 aliphatic carbocycles. The Kier molecular flexibility index (Phi) is 11.5. The second-order valence-corrected chi connectivity index (χ2v) is 14.6. The molecule has 0 fully saturated rings. The first-order chi connectivity index (χ1) is 19.5. The number of carbonyl (C=O) groups is 2. The van der Waals surface area contributed by atoms with E-state index in [0.717, 1.165) is 16.1 Å². The van der Waals surface area contributed by atoms with Crippen molar-refractivity contribution < 1.29 is 18.0 Å². The molecule has 0 saturated heterocycles. The first-order valence-electron chi connectivity index (χ1n) is 12.7. The zero-order chi connectivity index (χ0) is 31.4. The molecule has 0 bridgehead atoms. The molecule has 1 atom stereocenters. The van der Waals surface area contributed by atoms with Gasteiger partial charge in [0, 0.05) is 34.1 Å². The van der Waals surface area contributed by atoms with Gasteiger partial charge in [0.05, 0.1) is 27.0 Å². The molecule has 0 radical (unpaired) electrons. The van der Waals surface area contributed by atoms with Gasteiger partial charge in [-0.2, -0.15) is 0 Å². The third kappa shape index (κ3) is 9.15. The minimum atomic E-state index is -4.07.